The number of amides is 1. The Morgan fingerprint density at radius 3 is 2.39 bits per heavy atom. The van der Waals surface area contributed by atoms with Gasteiger partial charge in [-0.15, -0.1) is 0 Å². The van der Waals surface area contributed by atoms with Crippen molar-refractivity contribution in [2.75, 3.05) is 13.2 Å². The number of rotatable bonds is 8. The number of halogens is 3. The first-order valence-electron chi connectivity index (χ1n) is 12.0. The molecule has 8 heteroatoms. The van der Waals surface area contributed by atoms with Crippen LogP contribution in [0.1, 0.15) is 81.9 Å². The second kappa shape index (κ2) is 10.6. The quantitative estimate of drug-likeness (QED) is 0.465. The van der Waals surface area contributed by atoms with E-state index in [1.807, 2.05) is 0 Å². The van der Waals surface area contributed by atoms with Gasteiger partial charge in [0.1, 0.15) is 0 Å². The maximum Gasteiger partial charge on any atom is 0.416 e. The van der Waals surface area contributed by atoms with Crippen LogP contribution in [0.3, 0.4) is 0 Å². The average Bonchev–Trinajstić information content (AvgIpc) is 2.75. The highest BCUT2D eigenvalue weighted by Crippen LogP contribution is 2.35. The third-order valence-corrected chi connectivity index (χ3v) is 6.92. The van der Waals surface area contributed by atoms with Crippen molar-refractivity contribution in [1.29, 1.82) is 0 Å². The first-order chi connectivity index (χ1) is 15.5. The van der Waals surface area contributed by atoms with E-state index in [1.54, 1.807) is 26.0 Å². The van der Waals surface area contributed by atoms with Gasteiger partial charge < -0.3 is 19.9 Å². The molecule has 1 aromatic carbocycles. The van der Waals surface area contributed by atoms with Crippen molar-refractivity contribution in [2.45, 2.75) is 95.6 Å². The summed E-state index contributed by atoms with van der Waals surface area (Å²) in [6.45, 7) is 3.66. The van der Waals surface area contributed by atoms with Crippen molar-refractivity contribution < 1.29 is 32.5 Å². The lowest BCUT2D eigenvalue weighted by atomic mass is 9.85. The molecule has 0 radical (unpaired) electrons. The molecule has 33 heavy (non-hydrogen) atoms. The number of nitrogens with one attached hydrogen (secondary N) is 1. The lowest BCUT2D eigenvalue weighted by Crippen LogP contribution is -2.61. The van der Waals surface area contributed by atoms with Crippen molar-refractivity contribution in [3.8, 4) is 0 Å². The van der Waals surface area contributed by atoms with Crippen LogP contribution < -0.4 is 5.32 Å². The lowest BCUT2D eigenvalue weighted by Gasteiger charge is -2.43. The van der Waals surface area contributed by atoms with E-state index in [2.05, 4.69) is 5.32 Å². The van der Waals surface area contributed by atoms with E-state index < -0.39 is 29.2 Å². The summed E-state index contributed by atoms with van der Waals surface area (Å²) in [4.78, 5) is 11.3. The largest absolute Gasteiger partial charge is 0.465 e. The smallest absolute Gasteiger partial charge is 0.416 e. The van der Waals surface area contributed by atoms with Crippen LogP contribution >= 0.6 is 0 Å². The summed E-state index contributed by atoms with van der Waals surface area (Å²) < 4.78 is 52.7. The number of carbonyl (C=O) groups is 1. The molecule has 2 fully saturated rings. The van der Waals surface area contributed by atoms with Crippen LogP contribution in [-0.4, -0.2) is 35.7 Å². The predicted molar refractivity (Wildman–Crippen MR) is 119 cm³/mol. The molecule has 186 valence electrons. The first-order valence-corrected chi connectivity index (χ1v) is 12.0. The number of hydrogen-bond acceptors (Lipinski definition) is 3. The minimum Gasteiger partial charge on any atom is -0.465 e. The molecule has 3 rings (SSSR count). The number of benzene rings is 1. The van der Waals surface area contributed by atoms with E-state index in [0.29, 0.717) is 23.5 Å². The first kappa shape index (κ1) is 25.8. The molecule has 2 aliphatic rings. The summed E-state index contributed by atoms with van der Waals surface area (Å²) >= 11 is 0. The van der Waals surface area contributed by atoms with Gasteiger partial charge in [-0.2, -0.15) is 13.2 Å². The maximum atomic E-state index is 13.8. The molecule has 0 spiro atoms. The summed E-state index contributed by atoms with van der Waals surface area (Å²) in [5, 5.41) is 11.7. The number of carboxylic acid groups (broad SMARTS) is 1. The van der Waals surface area contributed by atoms with Gasteiger partial charge in [0.25, 0.3) is 0 Å². The number of ether oxygens (including phenoxy) is 2. The molecule has 0 atom stereocenters. The third kappa shape index (κ3) is 7.60. The normalized spacial score (nSPS) is 21.0. The molecule has 1 heterocycles. The second-order valence-electron chi connectivity index (χ2n) is 10.1. The molecular formula is C25H36F3NO4. The summed E-state index contributed by atoms with van der Waals surface area (Å²) in [7, 11) is 0. The van der Waals surface area contributed by atoms with Crippen molar-refractivity contribution in [2.24, 2.45) is 5.92 Å². The Hall–Kier alpha value is -1.80. The molecular weight excluding hydrogens is 435 g/mol. The van der Waals surface area contributed by atoms with E-state index in [-0.39, 0.29) is 26.1 Å². The van der Waals surface area contributed by atoms with Crippen molar-refractivity contribution >= 4 is 6.09 Å². The Balaban J connectivity index is 1.66. The molecule has 5 nitrogen and oxygen atoms in total. The van der Waals surface area contributed by atoms with Crippen molar-refractivity contribution in [3.63, 3.8) is 0 Å². The van der Waals surface area contributed by atoms with Crippen LogP contribution in [-0.2, 0) is 28.5 Å². The molecule has 1 saturated heterocycles. The van der Waals surface area contributed by atoms with E-state index in [4.69, 9.17) is 9.47 Å². The molecule has 1 amide bonds. The SMILES string of the molecule is CC1(C)OCC(CCc2ccc(CCCC3CCCCC3)c(C(F)(F)F)c2)(NC(=O)O)CO1. The van der Waals surface area contributed by atoms with Gasteiger partial charge in [0.15, 0.2) is 5.79 Å². The number of aryl methyl sites for hydroxylation is 2. The lowest BCUT2D eigenvalue weighted by molar-refractivity contribution is -0.271. The maximum absolute atomic E-state index is 13.8. The van der Waals surface area contributed by atoms with E-state index in [1.165, 1.54) is 38.2 Å². The monoisotopic (exact) mass is 471 g/mol. The summed E-state index contributed by atoms with van der Waals surface area (Å²) in [5.74, 6) is -0.179. The molecule has 1 aromatic rings. The van der Waals surface area contributed by atoms with Gasteiger partial charge >= 0.3 is 12.3 Å². The van der Waals surface area contributed by atoms with Gasteiger partial charge in [0.2, 0.25) is 0 Å². The van der Waals surface area contributed by atoms with Crippen LogP contribution in [0.5, 0.6) is 0 Å². The molecule has 2 N–H and O–H groups in total. The summed E-state index contributed by atoms with van der Waals surface area (Å²) in [6, 6.07) is 4.54. The van der Waals surface area contributed by atoms with Gasteiger partial charge in [-0.1, -0.05) is 50.7 Å². The summed E-state index contributed by atoms with van der Waals surface area (Å²) in [5.41, 5.74) is -0.722. The molecule has 0 bridgehead atoms. The summed E-state index contributed by atoms with van der Waals surface area (Å²) in [6.07, 6.45) is 3.22. The fourth-order valence-corrected chi connectivity index (χ4v) is 4.91. The topological polar surface area (TPSA) is 67.8 Å². The predicted octanol–water partition coefficient (Wildman–Crippen LogP) is 6.33. The fraction of sp³-hybridized carbons (Fsp3) is 0.720. The standard InChI is InChI=1S/C25H36F3NO4/c1-23(2)32-16-24(17-33-23,29-22(30)31)14-13-19-11-12-20(21(15-19)25(26,27)28)10-6-9-18-7-4-3-5-8-18/h11-12,15,18,29H,3-10,13-14,16-17H2,1-2H3,(H,30,31). The fourth-order valence-electron chi connectivity index (χ4n) is 4.91. The second-order valence-corrected chi connectivity index (χ2v) is 10.1. The zero-order chi connectivity index (χ0) is 24.1. The Kier molecular flexibility index (Phi) is 8.32. The minimum absolute atomic E-state index is 0.0949. The van der Waals surface area contributed by atoms with Crippen molar-refractivity contribution in [3.05, 3.63) is 34.9 Å². The van der Waals surface area contributed by atoms with E-state index in [9.17, 15) is 23.1 Å². The highest BCUT2D eigenvalue weighted by molar-refractivity contribution is 5.65. The number of alkyl halides is 3. The van der Waals surface area contributed by atoms with E-state index >= 15 is 0 Å². The van der Waals surface area contributed by atoms with Gasteiger partial charge in [-0.05, 0) is 62.6 Å². The van der Waals surface area contributed by atoms with Crippen LogP contribution in [0.4, 0.5) is 18.0 Å². The van der Waals surface area contributed by atoms with Crippen LogP contribution in [0.15, 0.2) is 18.2 Å². The molecule has 1 aliphatic carbocycles. The Morgan fingerprint density at radius 1 is 1.12 bits per heavy atom. The molecule has 0 aromatic heterocycles. The average molecular weight is 472 g/mol. The van der Waals surface area contributed by atoms with Gasteiger partial charge in [0.05, 0.1) is 24.3 Å². The van der Waals surface area contributed by atoms with Crippen molar-refractivity contribution in [1.82, 2.24) is 5.32 Å². The van der Waals surface area contributed by atoms with Crippen LogP contribution in [0, 0.1) is 5.92 Å². The molecule has 0 unspecified atom stereocenters. The molecule has 1 aliphatic heterocycles. The Morgan fingerprint density at radius 2 is 1.79 bits per heavy atom. The van der Waals surface area contributed by atoms with Gasteiger partial charge in [-0.25, -0.2) is 4.79 Å². The minimum atomic E-state index is -4.42. The Labute approximate surface area is 194 Å². The van der Waals surface area contributed by atoms with Crippen LogP contribution in [0.25, 0.3) is 0 Å². The van der Waals surface area contributed by atoms with Gasteiger partial charge in [0, 0.05) is 0 Å². The third-order valence-electron chi connectivity index (χ3n) is 6.92. The van der Waals surface area contributed by atoms with Crippen LogP contribution in [0.2, 0.25) is 0 Å². The highest BCUT2D eigenvalue weighted by Gasteiger charge is 2.41. The highest BCUT2D eigenvalue weighted by atomic mass is 19.4. The Bertz CT molecular complexity index is 793. The van der Waals surface area contributed by atoms with E-state index in [0.717, 1.165) is 12.8 Å². The number of hydrogen-bond donors (Lipinski definition) is 2. The van der Waals surface area contributed by atoms with Gasteiger partial charge in [-0.3, -0.25) is 0 Å². The zero-order valence-electron chi connectivity index (χ0n) is 19.6. The zero-order valence-corrected chi connectivity index (χ0v) is 19.6. The molecule has 1 saturated carbocycles.